The number of hydrogen-bond acceptors (Lipinski definition) is 4. The maximum absolute atomic E-state index is 5.86. The molecule has 0 amide bonds. The van der Waals surface area contributed by atoms with Gasteiger partial charge in [-0.15, -0.1) is 0 Å². The Bertz CT molecular complexity index is 671. The lowest BCUT2D eigenvalue weighted by molar-refractivity contribution is 0.459. The summed E-state index contributed by atoms with van der Waals surface area (Å²) in [6.45, 7) is 1.89. The first-order chi connectivity index (χ1) is 9.90. The van der Waals surface area contributed by atoms with Gasteiger partial charge in [0.05, 0.1) is 0 Å². The van der Waals surface area contributed by atoms with E-state index in [0.717, 1.165) is 48.9 Å². The molecule has 1 aromatic carbocycles. The molecule has 5 heteroatoms. The second-order valence-electron chi connectivity index (χ2n) is 5.22. The highest BCUT2D eigenvalue weighted by atomic mass is 16.4. The molecule has 3 heterocycles. The summed E-state index contributed by atoms with van der Waals surface area (Å²) in [7, 11) is 0. The van der Waals surface area contributed by atoms with Crippen molar-refractivity contribution < 1.29 is 4.42 Å². The Kier molecular flexibility index (Phi) is 2.69. The number of imidazole rings is 1. The van der Waals surface area contributed by atoms with E-state index in [9.17, 15) is 0 Å². The van der Waals surface area contributed by atoms with Crippen molar-refractivity contribution in [2.24, 2.45) is 0 Å². The van der Waals surface area contributed by atoms with Crippen LogP contribution in [0.5, 0.6) is 0 Å². The molecule has 2 aromatic heterocycles. The van der Waals surface area contributed by atoms with E-state index in [2.05, 4.69) is 19.9 Å². The number of oxazole rings is 1. The lowest BCUT2D eigenvalue weighted by Crippen LogP contribution is -2.34. The van der Waals surface area contributed by atoms with Crippen LogP contribution in [-0.4, -0.2) is 28.0 Å². The van der Waals surface area contributed by atoms with E-state index in [1.807, 2.05) is 36.7 Å². The van der Waals surface area contributed by atoms with E-state index in [1.54, 1.807) is 0 Å². The Morgan fingerprint density at radius 3 is 3.10 bits per heavy atom. The number of para-hydroxylation sites is 2. The zero-order valence-electron chi connectivity index (χ0n) is 11.1. The van der Waals surface area contributed by atoms with Crippen molar-refractivity contribution in [3.05, 3.63) is 42.5 Å². The van der Waals surface area contributed by atoms with E-state index in [-0.39, 0.29) is 0 Å². The molecule has 1 saturated heterocycles. The fourth-order valence-corrected chi connectivity index (χ4v) is 2.87. The van der Waals surface area contributed by atoms with Crippen molar-refractivity contribution in [3.8, 4) is 0 Å². The van der Waals surface area contributed by atoms with Crippen LogP contribution in [-0.2, 0) is 0 Å². The number of H-pyrrole nitrogens is 1. The molecule has 3 aromatic rings. The smallest absolute Gasteiger partial charge is 0.298 e. The van der Waals surface area contributed by atoms with Crippen LogP contribution in [0.4, 0.5) is 6.01 Å². The van der Waals surface area contributed by atoms with Crippen molar-refractivity contribution in [2.75, 3.05) is 18.0 Å². The molecule has 0 saturated carbocycles. The van der Waals surface area contributed by atoms with Gasteiger partial charge < -0.3 is 14.3 Å². The number of benzene rings is 1. The van der Waals surface area contributed by atoms with E-state index in [1.165, 1.54) is 0 Å². The average Bonchev–Trinajstić information content (AvgIpc) is 3.16. The van der Waals surface area contributed by atoms with Crippen molar-refractivity contribution in [3.63, 3.8) is 0 Å². The zero-order chi connectivity index (χ0) is 13.4. The van der Waals surface area contributed by atoms with Gasteiger partial charge in [0.1, 0.15) is 11.3 Å². The Morgan fingerprint density at radius 1 is 1.30 bits per heavy atom. The van der Waals surface area contributed by atoms with Crippen LogP contribution in [0.2, 0.25) is 0 Å². The highest BCUT2D eigenvalue weighted by Gasteiger charge is 2.25. The fraction of sp³-hybridized carbons (Fsp3) is 0.333. The van der Waals surface area contributed by atoms with Gasteiger partial charge in [0.2, 0.25) is 0 Å². The number of nitrogens with zero attached hydrogens (tertiary/aromatic N) is 3. The van der Waals surface area contributed by atoms with Crippen LogP contribution in [0.25, 0.3) is 11.1 Å². The first kappa shape index (κ1) is 11.5. The third-order valence-corrected chi connectivity index (χ3v) is 3.88. The zero-order valence-corrected chi connectivity index (χ0v) is 11.1. The van der Waals surface area contributed by atoms with Gasteiger partial charge in [-0.3, -0.25) is 0 Å². The minimum absolute atomic E-state index is 0.425. The number of piperidine rings is 1. The minimum Gasteiger partial charge on any atom is -0.423 e. The number of rotatable bonds is 2. The van der Waals surface area contributed by atoms with Crippen molar-refractivity contribution >= 4 is 17.1 Å². The topological polar surface area (TPSA) is 58.0 Å². The van der Waals surface area contributed by atoms with Gasteiger partial charge in [0.25, 0.3) is 6.01 Å². The third-order valence-electron chi connectivity index (χ3n) is 3.88. The maximum atomic E-state index is 5.86. The molecule has 1 fully saturated rings. The normalized spacial score (nSPS) is 19.6. The van der Waals surface area contributed by atoms with Crippen LogP contribution in [0.3, 0.4) is 0 Å². The van der Waals surface area contributed by atoms with Crippen LogP contribution in [0, 0.1) is 0 Å². The van der Waals surface area contributed by atoms with Gasteiger partial charge in [-0.25, -0.2) is 4.98 Å². The van der Waals surface area contributed by atoms with Crippen molar-refractivity contribution in [1.82, 2.24) is 15.0 Å². The molecule has 1 N–H and O–H groups in total. The SMILES string of the molecule is c1ccc2oc(N3CCCC(c4ncc[nH]4)C3)nc2c1. The van der Waals surface area contributed by atoms with Crippen LogP contribution >= 0.6 is 0 Å². The Labute approximate surface area is 116 Å². The monoisotopic (exact) mass is 268 g/mol. The molecular formula is C15H16N4O. The summed E-state index contributed by atoms with van der Waals surface area (Å²) < 4.78 is 5.86. The second-order valence-corrected chi connectivity index (χ2v) is 5.22. The van der Waals surface area contributed by atoms with Gasteiger partial charge in [-0.05, 0) is 25.0 Å². The Morgan fingerprint density at radius 2 is 2.25 bits per heavy atom. The molecule has 0 radical (unpaired) electrons. The molecule has 0 aliphatic carbocycles. The maximum Gasteiger partial charge on any atom is 0.298 e. The molecule has 1 aliphatic rings. The number of aromatic amines is 1. The minimum atomic E-state index is 0.425. The summed E-state index contributed by atoms with van der Waals surface area (Å²) in [6, 6.07) is 8.62. The molecule has 0 spiro atoms. The average molecular weight is 268 g/mol. The van der Waals surface area contributed by atoms with E-state index >= 15 is 0 Å². The third kappa shape index (κ3) is 1.95. The summed E-state index contributed by atoms with van der Waals surface area (Å²) in [5.41, 5.74) is 1.77. The van der Waals surface area contributed by atoms with Crippen LogP contribution < -0.4 is 4.90 Å². The Balaban J connectivity index is 1.61. The number of nitrogens with one attached hydrogen (secondary N) is 1. The number of hydrogen-bond donors (Lipinski definition) is 1. The molecule has 1 aliphatic heterocycles. The first-order valence-electron chi connectivity index (χ1n) is 7.00. The van der Waals surface area contributed by atoms with E-state index in [0.29, 0.717) is 5.92 Å². The summed E-state index contributed by atoms with van der Waals surface area (Å²) in [5, 5.41) is 0. The first-order valence-corrected chi connectivity index (χ1v) is 7.00. The number of anilines is 1. The largest absolute Gasteiger partial charge is 0.423 e. The standard InChI is InChI=1S/C15H16N4O/c1-2-6-13-12(5-1)18-15(20-13)19-9-3-4-11(10-19)14-16-7-8-17-14/h1-2,5-8,11H,3-4,9-10H2,(H,16,17). The van der Waals surface area contributed by atoms with Crippen LogP contribution in [0.1, 0.15) is 24.6 Å². The molecule has 1 atom stereocenters. The van der Waals surface area contributed by atoms with Gasteiger partial charge in [-0.2, -0.15) is 4.98 Å². The van der Waals surface area contributed by atoms with Crippen molar-refractivity contribution in [1.29, 1.82) is 0 Å². The second kappa shape index (κ2) is 4.67. The van der Waals surface area contributed by atoms with Crippen molar-refractivity contribution in [2.45, 2.75) is 18.8 Å². The molecule has 20 heavy (non-hydrogen) atoms. The summed E-state index contributed by atoms with van der Waals surface area (Å²) in [4.78, 5) is 14.4. The fourth-order valence-electron chi connectivity index (χ4n) is 2.87. The molecule has 1 unspecified atom stereocenters. The number of aromatic nitrogens is 3. The summed E-state index contributed by atoms with van der Waals surface area (Å²) >= 11 is 0. The summed E-state index contributed by atoms with van der Waals surface area (Å²) in [6.07, 6.45) is 5.98. The summed E-state index contributed by atoms with van der Waals surface area (Å²) in [5.74, 6) is 1.49. The lowest BCUT2D eigenvalue weighted by Gasteiger charge is -2.30. The predicted octanol–water partition coefficient (Wildman–Crippen LogP) is 2.93. The van der Waals surface area contributed by atoms with Gasteiger partial charge >= 0.3 is 0 Å². The number of fused-ring (bicyclic) bond motifs is 1. The molecule has 0 bridgehead atoms. The molecule has 4 rings (SSSR count). The van der Waals surface area contributed by atoms with E-state index in [4.69, 9.17) is 4.42 Å². The van der Waals surface area contributed by atoms with Gasteiger partial charge in [-0.1, -0.05) is 12.1 Å². The van der Waals surface area contributed by atoms with Gasteiger partial charge in [0.15, 0.2) is 5.58 Å². The highest BCUT2D eigenvalue weighted by Crippen LogP contribution is 2.29. The van der Waals surface area contributed by atoms with Gasteiger partial charge in [0, 0.05) is 31.4 Å². The van der Waals surface area contributed by atoms with E-state index < -0.39 is 0 Å². The molecule has 5 nitrogen and oxygen atoms in total. The molecule has 102 valence electrons. The Hall–Kier alpha value is -2.30. The predicted molar refractivity (Wildman–Crippen MR) is 76.8 cm³/mol. The molecular weight excluding hydrogens is 252 g/mol. The van der Waals surface area contributed by atoms with Crippen LogP contribution in [0.15, 0.2) is 41.1 Å². The quantitative estimate of drug-likeness (QED) is 0.776. The lowest BCUT2D eigenvalue weighted by atomic mass is 9.98. The highest BCUT2D eigenvalue weighted by molar-refractivity contribution is 5.74.